The van der Waals surface area contributed by atoms with Crippen LogP contribution in [0.3, 0.4) is 0 Å². The molecule has 1 fully saturated rings. The molecule has 4 aromatic rings. The summed E-state index contributed by atoms with van der Waals surface area (Å²) in [7, 11) is 1.39. The molecule has 1 aliphatic rings. The number of nitrogens with one attached hydrogen (secondary N) is 2. The fraction of sp³-hybridized carbons (Fsp3) is 0.250. The summed E-state index contributed by atoms with van der Waals surface area (Å²) in [4.78, 5) is 31.5. The number of nitrogens with zero attached hydrogens (tertiary/aromatic N) is 3. The normalized spacial score (nSPS) is 16.4. The van der Waals surface area contributed by atoms with E-state index >= 15 is 0 Å². The monoisotopic (exact) mass is 567 g/mol. The van der Waals surface area contributed by atoms with Gasteiger partial charge in [0.2, 0.25) is 5.91 Å². The average Bonchev–Trinajstić information content (AvgIpc) is 3.48. The minimum Gasteiger partial charge on any atom is -0.465 e. The highest BCUT2D eigenvalue weighted by Crippen LogP contribution is 2.44. The van der Waals surface area contributed by atoms with Crippen LogP contribution in [-0.4, -0.2) is 33.6 Å². The van der Waals surface area contributed by atoms with E-state index in [4.69, 9.17) is 17.0 Å². The van der Waals surface area contributed by atoms with Gasteiger partial charge in [0.15, 0.2) is 5.11 Å². The van der Waals surface area contributed by atoms with Gasteiger partial charge in [0.1, 0.15) is 0 Å². The van der Waals surface area contributed by atoms with E-state index in [1.165, 1.54) is 7.11 Å². The summed E-state index contributed by atoms with van der Waals surface area (Å²) < 4.78 is 7.17. The number of esters is 1. The van der Waals surface area contributed by atoms with E-state index in [9.17, 15) is 9.59 Å². The summed E-state index contributed by atoms with van der Waals surface area (Å²) in [6.45, 7) is 7.89. The van der Waals surface area contributed by atoms with Crippen molar-refractivity contribution in [3.05, 3.63) is 107 Å². The summed E-state index contributed by atoms with van der Waals surface area (Å²) in [5.74, 6) is -0.427. The molecule has 1 aliphatic heterocycles. The van der Waals surface area contributed by atoms with Crippen molar-refractivity contribution in [2.45, 2.75) is 46.2 Å². The zero-order valence-corrected chi connectivity index (χ0v) is 24.6. The van der Waals surface area contributed by atoms with Crippen LogP contribution < -0.4 is 15.5 Å². The lowest BCUT2D eigenvalue weighted by atomic mass is 9.96. The van der Waals surface area contributed by atoms with Gasteiger partial charge in [-0.25, -0.2) is 4.79 Å². The molecule has 0 aliphatic carbocycles. The van der Waals surface area contributed by atoms with Crippen molar-refractivity contribution in [3.8, 4) is 5.69 Å². The van der Waals surface area contributed by atoms with Gasteiger partial charge in [-0.05, 0) is 92.6 Å². The van der Waals surface area contributed by atoms with Gasteiger partial charge in [-0.1, -0.05) is 25.1 Å². The number of aryl methyl sites for hydroxylation is 2. The maximum Gasteiger partial charge on any atom is 0.339 e. The van der Waals surface area contributed by atoms with Crippen molar-refractivity contribution in [3.63, 3.8) is 0 Å². The van der Waals surface area contributed by atoms with Crippen LogP contribution in [0.5, 0.6) is 0 Å². The molecule has 0 radical (unpaired) electrons. The third-order valence-electron chi connectivity index (χ3n) is 7.52. The van der Waals surface area contributed by atoms with Crippen molar-refractivity contribution >= 4 is 40.6 Å². The van der Waals surface area contributed by atoms with Gasteiger partial charge in [0.25, 0.3) is 0 Å². The Morgan fingerprint density at radius 3 is 2.49 bits per heavy atom. The van der Waals surface area contributed by atoms with Crippen LogP contribution in [0.15, 0.2) is 72.9 Å². The number of methoxy groups -OCH3 is 1. The number of thiocarbonyl (C=S) groups is 1. The second kappa shape index (κ2) is 11.5. The standard InChI is InChI=1S/C32H33N5O3S/c1-6-28(38)34-25-15-14-22(17-19(25)2)37-30(29(35-32(37)41)26-12-9-10-16-33-26)24-18-20(3)36(21(24)4)27-13-8-7-11-23(27)31(39)40-5/h7-18,29-30H,6H2,1-5H3,(H,34,38)(H,35,41)/t29-,30+/m0/s1. The largest absolute Gasteiger partial charge is 0.465 e. The van der Waals surface area contributed by atoms with E-state index in [0.29, 0.717) is 17.1 Å². The Labute approximate surface area is 245 Å². The number of pyridine rings is 1. The molecule has 2 N–H and O–H groups in total. The molecule has 3 heterocycles. The molecule has 9 heteroatoms. The van der Waals surface area contributed by atoms with Crippen LogP contribution in [0.4, 0.5) is 11.4 Å². The molecule has 1 saturated heterocycles. The van der Waals surface area contributed by atoms with Crippen LogP contribution in [-0.2, 0) is 9.53 Å². The van der Waals surface area contributed by atoms with E-state index < -0.39 is 5.97 Å². The quantitative estimate of drug-likeness (QED) is 0.206. The summed E-state index contributed by atoms with van der Waals surface area (Å²) in [6, 6.07) is 20.9. The van der Waals surface area contributed by atoms with Gasteiger partial charge in [-0.15, -0.1) is 0 Å². The molecule has 8 nitrogen and oxygen atoms in total. The summed E-state index contributed by atoms with van der Waals surface area (Å²) >= 11 is 5.94. The number of para-hydroxylation sites is 1. The second-order valence-corrected chi connectivity index (χ2v) is 10.5. The number of anilines is 2. The van der Waals surface area contributed by atoms with Crippen molar-refractivity contribution in [2.75, 3.05) is 17.3 Å². The Balaban J connectivity index is 1.66. The third kappa shape index (κ3) is 5.20. The number of carbonyl (C=O) groups is 2. The number of amides is 1. The van der Waals surface area contributed by atoms with E-state index in [1.807, 2.05) is 75.4 Å². The second-order valence-electron chi connectivity index (χ2n) is 10.1. The zero-order chi connectivity index (χ0) is 29.3. The highest BCUT2D eigenvalue weighted by atomic mass is 32.1. The first-order chi connectivity index (χ1) is 19.7. The van der Waals surface area contributed by atoms with Crippen molar-refractivity contribution in [2.24, 2.45) is 0 Å². The lowest BCUT2D eigenvalue weighted by molar-refractivity contribution is -0.115. The number of benzene rings is 2. The summed E-state index contributed by atoms with van der Waals surface area (Å²) in [5, 5.41) is 7.06. The van der Waals surface area contributed by atoms with Crippen molar-refractivity contribution in [1.29, 1.82) is 0 Å². The molecular weight excluding hydrogens is 534 g/mol. The van der Waals surface area contributed by atoms with Gasteiger partial charge in [0.05, 0.1) is 36.1 Å². The SMILES string of the molecule is CCC(=O)Nc1ccc(N2C(=S)N[C@@H](c3ccccn3)[C@H]2c2cc(C)n(-c3ccccc3C(=O)OC)c2C)cc1C. The first-order valence-electron chi connectivity index (χ1n) is 13.5. The first-order valence-corrected chi connectivity index (χ1v) is 13.9. The Bertz CT molecular complexity index is 1630. The fourth-order valence-electron chi connectivity index (χ4n) is 5.53. The average molecular weight is 568 g/mol. The molecular formula is C32H33N5O3S. The molecule has 210 valence electrons. The topological polar surface area (TPSA) is 88.5 Å². The van der Waals surface area contributed by atoms with Crippen molar-refractivity contribution < 1.29 is 14.3 Å². The maximum atomic E-state index is 12.7. The van der Waals surface area contributed by atoms with Crippen LogP contribution in [0.2, 0.25) is 0 Å². The Morgan fingerprint density at radius 2 is 1.80 bits per heavy atom. The maximum absolute atomic E-state index is 12.7. The molecule has 0 saturated carbocycles. The van der Waals surface area contributed by atoms with Crippen LogP contribution in [0.1, 0.15) is 64.0 Å². The van der Waals surface area contributed by atoms with Gasteiger partial charge >= 0.3 is 5.97 Å². The van der Waals surface area contributed by atoms with Crippen LogP contribution >= 0.6 is 12.2 Å². The van der Waals surface area contributed by atoms with E-state index in [-0.39, 0.29) is 18.0 Å². The fourth-order valence-corrected chi connectivity index (χ4v) is 5.88. The van der Waals surface area contributed by atoms with E-state index in [1.54, 1.807) is 12.3 Å². The Morgan fingerprint density at radius 1 is 1.05 bits per heavy atom. The number of aromatic nitrogens is 2. The number of hydrogen-bond acceptors (Lipinski definition) is 5. The number of rotatable bonds is 7. The molecule has 0 spiro atoms. The molecule has 0 unspecified atom stereocenters. The zero-order valence-electron chi connectivity index (χ0n) is 23.8. The highest BCUT2D eigenvalue weighted by Gasteiger charge is 2.42. The summed E-state index contributed by atoms with van der Waals surface area (Å²) in [5.41, 5.74) is 7.71. The Kier molecular flexibility index (Phi) is 7.90. The lowest BCUT2D eigenvalue weighted by Gasteiger charge is -2.29. The molecule has 2 aromatic carbocycles. The molecule has 0 bridgehead atoms. The molecule has 2 aromatic heterocycles. The number of ether oxygens (including phenoxy) is 1. The Hall–Kier alpha value is -4.50. The minimum atomic E-state index is -0.392. The number of hydrogen-bond donors (Lipinski definition) is 2. The van der Waals surface area contributed by atoms with Gasteiger partial charge in [-0.3, -0.25) is 9.78 Å². The number of carbonyl (C=O) groups excluding carboxylic acids is 2. The van der Waals surface area contributed by atoms with Crippen LogP contribution in [0.25, 0.3) is 5.69 Å². The minimum absolute atomic E-state index is 0.0352. The smallest absolute Gasteiger partial charge is 0.339 e. The predicted molar refractivity (Wildman–Crippen MR) is 165 cm³/mol. The van der Waals surface area contributed by atoms with Gasteiger partial charge in [-0.2, -0.15) is 0 Å². The van der Waals surface area contributed by atoms with E-state index in [2.05, 4.69) is 38.1 Å². The molecule has 41 heavy (non-hydrogen) atoms. The van der Waals surface area contributed by atoms with Crippen LogP contribution in [0, 0.1) is 20.8 Å². The summed E-state index contributed by atoms with van der Waals surface area (Å²) in [6.07, 6.45) is 2.19. The van der Waals surface area contributed by atoms with Crippen molar-refractivity contribution in [1.82, 2.24) is 14.9 Å². The predicted octanol–water partition coefficient (Wildman–Crippen LogP) is 6.11. The molecule has 1 amide bonds. The molecule has 2 atom stereocenters. The third-order valence-corrected chi connectivity index (χ3v) is 7.84. The van der Waals surface area contributed by atoms with E-state index in [0.717, 1.165) is 45.3 Å². The first kappa shape index (κ1) is 28.0. The molecule has 5 rings (SSSR count). The lowest BCUT2D eigenvalue weighted by Crippen LogP contribution is -2.29. The van der Waals surface area contributed by atoms with Gasteiger partial charge in [0, 0.05) is 35.4 Å². The van der Waals surface area contributed by atoms with Gasteiger partial charge < -0.3 is 24.8 Å². The highest BCUT2D eigenvalue weighted by molar-refractivity contribution is 7.80.